The summed E-state index contributed by atoms with van der Waals surface area (Å²) in [6, 6.07) is 25.5. The molecule has 0 radical (unpaired) electrons. The van der Waals surface area contributed by atoms with Crippen LogP contribution in [0, 0.1) is 11.3 Å². The molecule has 4 aromatic rings. The highest BCUT2D eigenvalue weighted by atomic mass is 32.1. The molecule has 0 unspecified atom stereocenters. The zero-order chi connectivity index (χ0) is 21.0. The fourth-order valence-corrected chi connectivity index (χ4v) is 4.20. The van der Waals surface area contributed by atoms with Gasteiger partial charge in [-0.1, -0.05) is 47.8 Å². The summed E-state index contributed by atoms with van der Waals surface area (Å²) >= 11 is 1.63. The molecule has 0 fully saturated rings. The highest BCUT2D eigenvalue weighted by molar-refractivity contribution is 7.22. The minimum atomic E-state index is 0.635. The van der Waals surface area contributed by atoms with Crippen molar-refractivity contribution in [1.82, 2.24) is 10.3 Å². The first kappa shape index (κ1) is 18.9. The van der Waals surface area contributed by atoms with E-state index in [4.69, 9.17) is 10.00 Å². The number of fused-ring (bicyclic) bond motifs is 1. The quantitative estimate of drug-likeness (QED) is 0.424. The number of dihydropyridines is 1. The second kappa shape index (κ2) is 8.34. The lowest BCUT2D eigenvalue weighted by molar-refractivity contribution is 0.388. The SMILES string of the molecule is N#Cc1ccc(C2=C(Oc3ccc(Nc4nc5ccccc5s4)cc3)NCC=C2)cc1. The van der Waals surface area contributed by atoms with E-state index in [0.717, 1.165) is 37.9 Å². The van der Waals surface area contributed by atoms with E-state index in [9.17, 15) is 0 Å². The molecule has 1 aliphatic heterocycles. The summed E-state index contributed by atoms with van der Waals surface area (Å²) in [7, 11) is 0. The van der Waals surface area contributed by atoms with Crippen LogP contribution in [0.1, 0.15) is 11.1 Å². The van der Waals surface area contributed by atoms with Crippen LogP contribution in [0.15, 0.2) is 90.8 Å². The van der Waals surface area contributed by atoms with Crippen molar-refractivity contribution < 1.29 is 4.74 Å². The number of ether oxygens (including phenoxy) is 1. The smallest absolute Gasteiger partial charge is 0.201 e. The Balaban J connectivity index is 1.34. The number of nitrogens with zero attached hydrogens (tertiary/aromatic N) is 2. The Bertz CT molecular complexity index is 1300. The lowest BCUT2D eigenvalue weighted by Gasteiger charge is -2.19. The molecule has 5 rings (SSSR count). The third-order valence-electron chi connectivity index (χ3n) is 4.85. The molecule has 2 heterocycles. The average molecular weight is 423 g/mol. The Morgan fingerprint density at radius 2 is 1.81 bits per heavy atom. The van der Waals surface area contributed by atoms with Crippen molar-refractivity contribution in [3.05, 3.63) is 102 Å². The summed E-state index contributed by atoms with van der Waals surface area (Å²) in [5.41, 5.74) is 4.52. The van der Waals surface area contributed by atoms with Crippen LogP contribution in [0.2, 0.25) is 0 Å². The second-order valence-electron chi connectivity index (χ2n) is 6.95. The van der Waals surface area contributed by atoms with Gasteiger partial charge in [-0.3, -0.25) is 0 Å². The molecule has 3 aromatic carbocycles. The van der Waals surface area contributed by atoms with E-state index in [2.05, 4.69) is 27.8 Å². The number of rotatable bonds is 5. The van der Waals surface area contributed by atoms with E-state index in [1.54, 1.807) is 11.3 Å². The van der Waals surface area contributed by atoms with Crippen molar-refractivity contribution in [3.8, 4) is 11.8 Å². The predicted octanol–water partition coefficient (Wildman–Crippen LogP) is 5.82. The number of aromatic nitrogens is 1. The minimum Gasteiger partial charge on any atom is -0.441 e. The van der Waals surface area contributed by atoms with Crippen molar-refractivity contribution in [3.63, 3.8) is 0 Å². The van der Waals surface area contributed by atoms with E-state index in [0.29, 0.717) is 18.0 Å². The van der Waals surface area contributed by atoms with Crippen LogP contribution in [-0.2, 0) is 0 Å². The van der Waals surface area contributed by atoms with E-state index in [-0.39, 0.29) is 0 Å². The first-order valence-electron chi connectivity index (χ1n) is 9.84. The van der Waals surface area contributed by atoms with Gasteiger partial charge in [-0.2, -0.15) is 5.26 Å². The number of anilines is 2. The van der Waals surface area contributed by atoms with Gasteiger partial charge in [0.05, 0.1) is 21.8 Å². The van der Waals surface area contributed by atoms with Crippen LogP contribution in [0.3, 0.4) is 0 Å². The van der Waals surface area contributed by atoms with Crippen LogP contribution in [-0.4, -0.2) is 11.5 Å². The van der Waals surface area contributed by atoms with E-state index < -0.39 is 0 Å². The van der Waals surface area contributed by atoms with Gasteiger partial charge in [-0.25, -0.2) is 4.98 Å². The predicted molar refractivity (Wildman–Crippen MR) is 125 cm³/mol. The van der Waals surface area contributed by atoms with Gasteiger partial charge in [0.2, 0.25) is 5.88 Å². The van der Waals surface area contributed by atoms with Crippen LogP contribution in [0.4, 0.5) is 10.8 Å². The third kappa shape index (κ3) is 4.13. The van der Waals surface area contributed by atoms with Crippen LogP contribution in [0.5, 0.6) is 5.75 Å². The third-order valence-corrected chi connectivity index (χ3v) is 5.81. The summed E-state index contributed by atoms with van der Waals surface area (Å²) in [5, 5.41) is 16.5. The van der Waals surface area contributed by atoms with Gasteiger partial charge < -0.3 is 15.4 Å². The Labute approximate surface area is 183 Å². The standard InChI is InChI=1S/C25H18N4OS/c26-16-17-7-9-18(10-8-17)21-4-3-15-27-24(21)30-20-13-11-19(12-14-20)28-25-29-22-5-1-2-6-23(22)31-25/h1-14,27H,15H2,(H,28,29). The molecule has 2 N–H and O–H groups in total. The molecule has 31 heavy (non-hydrogen) atoms. The summed E-state index contributed by atoms with van der Waals surface area (Å²) in [5.74, 6) is 1.43. The maximum absolute atomic E-state index is 9.02. The Kier molecular flexibility index (Phi) is 5.09. The van der Waals surface area contributed by atoms with Crippen LogP contribution < -0.4 is 15.4 Å². The maximum Gasteiger partial charge on any atom is 0.201 e. The molecule has 0 aliphatic carbocycles. The normalized spacial score (nSPS) is 13.0. The zero-order valence-corrected chi connectivity index (χ0v) is 17.3. The van der Waals surface area contributed by atoms with E-state index in [1.807, 2.05) is 78.9 Å². The maximum atomic E-state index is 9.02. The number of allylic oxidation sites excluding steroid dienone is 2. The number of nitriles is 1. The van der Waals surface area contributed by atoms with Gasteiger partial charge in [0.25, 0.3) is 0 Å². The van der Waals surface area contributed by atoms with Gasteiger partial charge in [0.1, 0.15) is 5.75 Å². The van der Waals surface area contributed by atoms with Gasteiger partial charge in [0, 0.05) is 17.8 Å². The number of benzene rings is 3. The van der Waals surface area contributed by atoms with Crippen molar-refractivity contribution in [2.24, 2.45) is 0 Å². The minimum absolute atomic E-state index is 0.635. The number of para-hydroxylation sites is 1. The Morgan fingerprint density at radius 3 is 2.58 bits per heavy atom. The fourth-order valence-electron chi connectivity index (χ4n) is 3.32. The molecule has 0 saturated carbocycles. The largest absolute Gasteiger partial charge is 0.441 e. The number of hydrogen-bond acceptors (Lipinski definition) is 6. The monoisotopic (exact) mass is 422 g/mol. The van der Waals surface area contributed by atoms with Crippen LogP contribution in [0.25, 0.3) is 15.8 Å². The average Bonchev–Trinajstić information content (AvgIpc) is 3.23. The molecule has 0 atom stereocenters. The van der Waals surface area contributed by atoms with Crippen molar-refractivity contribution in [2.45, 2.75) is 0 Å². The van der Waals surface area contributed by atoms with Gasteiger partial charge in [-0.15, -0.1) is 0 Å². The highest BCUT2D eigenvalue weighted by Crippen LogP contribution is 2.29. The summed E-state index contributed by atoms with van der Waals surface area (Å²) in [6.07, 6.45) is 4.09. The molecule has 150 valence electrons. The van der Waals surface area contributed by atoms with Crippen molar-refractivity contribution in [1.29, 1.82) is 5.26 Å². The fraction of sp³-hybridized carbons (Fsp3) is 0.0400. The number of thiazole rings is 1. The summed E-state index contributed by atoms with van der Waals surface area (Å²) in [6.45, 7) is 0.701. The number of nitrogens with one attached hydrogen (secondary N) is 2. The van der Waals surface area contributed by atoms with E-state index in [1.165, 1.54) is 0 Å². The van der Waals surface area contributed by atoms with Crippen molar-refractivity contribution in [2.75, 3.05) is 11.9 Å². The molecule has 0 saturated heterocycles. The molecular formula is C25H18N4OS. The van der Waals surface area contributed by atoms with Crippen LogP contribution >= 0.6 is 11.3 Å². The molecule has 0 amide bonds. The number of hydrogen-bond donors (Lipinski definition) is 2. The second-order valence-corrected chi connectivity index (χ2v) is 7.98. The lowest BCUT2D eigenvalue weighted by Crippen LogP contribution is -2.22. The lowest BCUT2D eigenvalue weighted by atomic mass is 10.0. The molecule has 6 heteroatoms. The topological polar surface area (TPSA) is 70.0 Å². The first-order valence-corrected chi connectivity index (χ1v) is 10.7. The van der Waals surface area contributed by atoms with Gasteiger partial charge in [0.15, 0.2) is 5.13 Å². The summed E-state index contributed by atoms with van der Waals surface area (Å²) in [4.78, 5) is 4.61. The molecule has 0 spiro atoms. The van der Waals surface area contributed by atoms with E-state index >= 15 is 0 Å². The zero-order valence-electron chi connectivity index (χ0n) is 16.5. The Hall–Kier alpha value is -4.08. The molecule has 0 bridgehead atoms. The first-order chi connectivity index (χ1) is 15.3. The van der Waals surface area contributed by atoms with Crippen molar-refractivity contribution >= 4 is 37.9 Å². The molecule has 5 nitrogen and oxygen atoms in total. The highest BCUT2D eigenvalue weighted by Gasteiger charge is 2.13. The van der Waals surface area contributed by atoms with Gasteiger partial charge >= 0.3 is 0 Å². The molecule has 1 aromatic heterocycles. The summed E-state index contributed by atoms with van der Waals surface area (Å²) < 4.78 is 7.30. The molecular weight excluding hydrogens is 404 g/mol. The Morgan fingerprint density at radius 1 is 1.00 bits per heavy atom. The molecule has 1 aliphatic rings. The van der Waals surface area contributed by atoms with Gasteiger partial charge in [-0.05, 0) is 54.1 Å².